The summed E-state index contributed by atoms with van der Waals surface area (Å²) in [6.45, 7) is 1.92. The van der Waals surface area contributed by atoms with Gasteiger partial charge in [-0.3, -0.25) is 4.79 Å². The van der Waals surface area contributed by atoms with Gasteiger partial charge in [0.25, 0.3) is 0 Å². The van der Waals surface area contributed by atoms with Crippen molar-refractivity contribution in [3.63, 3.8) is 0 Å². The summed E-state index contributed by atoms with van der Waals surface area (Å²) in [7, 11) is 0. The highest BCUT2D eigenvalue weighted by atomic mass is 16.1. The van der Waals surface area contributed by atoms with Crippen LogP contribution in [0.1, 0.15) is 51.9 Å². The molecule has 0 bridgehead atoms. The molecule has 0 radical (unpaired) electrons. The molecule has 0 aromatic carbocycles. The van der Waals surface area contributed by atoms with Crippen LogP contribution in [0.3, 0.4) is 0 Å². The van der Waals surface area contributed by atoms with E-state index >= 15 is 0 Å². The van der Waals surface area contributed by atoms with Gasteiger partial charge in [-0.1, -0.05) is 25.0 Å². The minimum atomic E-state index is 0.263. The SMILES string of the molecule is C/C=C/C(=O)C1=CCCCC12CCCC2. The van der Waals surface area contributed by atoms with Crippen LogP contribution >= 0.6 is 0 Å². The van der Waals surface area contributed by atoms with Crippen LogP contribution in [0.25, 0.3) is 0 Å². The molecule has 15 heavy (non-hydrogen) atoms. The Morgan fingerprint density at radius 1 is 1.27 bits per heavy atom. The molecule has 1 spiro atoms. The zero-order chi connectivity index (χ0) is 10.7. The Morgan fingerprint density at radius 3 is 2.60 bits per heavy atom. The summed E-state index contributed by atoms with van der Waals surface area (Å²) >= 11 is 0. The third-order valence-electron chi connectivity index (χ3n) is 3.92. The van der Waals surface area contributed by atoms with Crippen molar-refractivity contribution < 1.29 is 4.79 Å². The third kappa shape index (κ3) is 1.92. The second-order valence-electron chi connectivity index (χ2n) is 4.86. The molecular formula is C14H20O. The quantitative estimate of drug-likeness (QED) is 0.625. The van der Waals surface area contributed by atoms with Crippen LogP contribution in [0.15, 0.2) is 23.8 Å². The van der Waals surface area contributed by atoms with E-state index in [0.717, 1.165) is 12.0 Å². The molecule has 1 nitrogen and oxygen atoms in total. The molecule has 0 saturated heterocycles. The molecule has 0 unspecified atom stereocenters. The average Bonchev–Trinajstić information content (AvgIpc) is 2.68. The lowest BCUT2D eigenvalue weighted by atomic mass is 9.70. The van der Waals surface area contributed by atoms with E-state index in [2.05, 4.69) is 6.08 Å². The lowest BCUT2D eigenvalue weighted by molar-refractivity contribution is -0.112. The number of allylic oxidation sites excluding steroid dienone is 4. The first kappa shape index (κ1) is 10.7. The Balaban J connectivity index is 2.26. The number of hydrogen-bond acceptors (Lipinski definition) is 1. The number of carbonyl (C=O) groups excluding carboxylic acids is 1. The van der Waals surface area contributed by atoms with E-state index in [-0.39, 0.29) is 11.2 Å². The molecule has 2 aliphatic carbocycles. The van der Waals surface area contributed by atoms with Gasteiger partial charge in [-0.2, -0.15) is 0 Å². The smallest absolute Gasteiger partial charge is 0.181 e. The first-order valence-electron chi connectivity index (χ1n) is 6.16. The molecule has 0 aromatic rings. The summed E-state index contributed by atoms with van der Waals surface area (Å²) in [6, 6.07) is 0. The van der Waals surface area contributed by atoms with Crippen molar-refractivity contribution in [2.75, 3.05) is 0 Å². The zero-order valence-corrected chi connectivity index (χ0v) is 9.59. The number of carbonyl (C=O) groups is 1. The average molecular weight is 204 g/mol. The fraction of sp³-hybridized carbons (Fsp3) is 0.643. The van der Waals surface area contributed by atoms with Gasteiger partial charge in [-0.25, -0.2) is 0 Å². The topological polar surface area (TPSA) is 17.1 Å². The summed E-state index contributed by atoms with van der Waals surface area (Å²) in [4.78, 5) is 12.0. The summed E-state index contributed by atoms with van der Waals surface area (Å²) in [5, 5.41) is 0. The maximum Gasteiger partial charge on any atom is 0.181 e. The number of rotatable bonds is 2. The maximum absolute atomic E-state index is 12.0. The second-order valence-corrected chi connectivity index (χ2v) is 4.86. The summed E-state index contributed by atoms with van der Waals surface area (Å²) in [5.74, 6) is 0.263. The first-order chi connectivity index (χ1) is 7.28. The van der Waals surface area contributed by atoms with Crippen LogP contribution in [0.5, 0.6) is 0 Å². The minimum absolute atomic E-state index is 0.263. The van der Waals surface area contributed by atoms with Crippen LogP contribution in [-0.4, -0.2) is 5.78 Å². The molecule has 1 heteroatoms. The van der Waals surface area contributed by atoms with Crippen LogP contribution in [0.4, 0.5) is 0 Å². The lowest BCUT2D eigenvalue weighted by Gasteiger charge is -2.34. The van der Waals surface area contributed by atoms with Gasteiger partial charge in [0.2, 0.25) is 0 Å². The number of hydrogen-bond donors (Lipinski definition) is 0. The molecule has 0 N–H and O–H groups in total. The predicted octanol–water partition coefficient (Wildman–Crippen LogP) is 3.80. The largest absolute Gasteiger partial charge is 0.290 e. The van der Waals surface area contributed by atoms with E-state index in [4.69, 9.17) is 0 Å². The molecule has 1 saturated carbocycles. The monoisotopic (exact) mass is 204 g/mol. The number of ketones is 1. The van der Waals surface area contributed by atoms with Crippen molar-refractivity contribution in [2.45, 2.75) is 51.9 Å². The van der Waals surface area contributed by atoms with E-state index in [1.807, 2.05) is 13.0 Å². The molecule has 0 amide bonds. The Bertz CT molecular complexity index is 303. The molecule has 0 aliphatic heterocycles. The fourth-order valence-electron chi connectivity index (χ4n) is 3.21. The summed E-state index contributed by atoms with van der Waals surface area (Å²) in [5.41, 5.74) is 1.40. The van der Waals surface area contributed by atoms with Crippen molar-refractivity contribution in [2.24, 2.45) is 5.41 Å². The van der Waals surface area contributed by atoms with E-state index in [0.29, 0.717) is 0 Å². The van der Waals surface area contributed by atoms with Gasteiger partial charge in [0.15, 0.2) is 5.78 Å². The van der Waals surface area contributed by atoms with Crippen LogP contribution in [-0.2, 0) is 4.79 Å². The lowest BCUT2D eigenvalue weighted by Crippen LogP contribution is -2.26. The molecular weight excluding hydrogens is 184 g/mol. The van der Waals surface area contributed by atoms with E-state index < -0.39 is 0 Å². The standard InChI is InChI=1S/C14H20O/c1-2-7-13(15)12-8-3-4-9-14(12)10-5-6-11-14/h2,7-8H,3-6,9-11H2,1H3/b7-2+. The highest BCUT2D eigenvalue weighted by Crippen LogP contribution is 2.50. The van der Waals surface area contributed by atoms with Crippen molar-refractivity contribution in [1.82, 2.24) is 0 Å². The molecule has 2 rings (SSSR count). The van der Waals surface area contributed by atoms with Crippen molar-refractivity contribution in [3.05, 3.63) is 23.8 Å². The summed E-state index contributed by atoms with van der Waals surface area (Å²) < 4.78 is 0. The van der Waals surface area contributed by atoms with E-state index in [1.54, 1.807) is 6.08 Å². The van der Waals surface area contributed by atoms with E-state index in [1.165, 1.54) is 38.5 Å². The molecule has 0 heterocycles. The second kappa shape index (κ2) is 4.34. The fourth-order valence-corrected chi connectivity index (χ4v) is 3.21. The van der Waals surface area contributed by atoms with Gasteiger partial charge in [0.05, 0.1) is 0 Å². The Kier molecular flexibility index (Phi) is 3.08. The van der Waals surface area contributed by atoms with Gasteiger partial charge in [0, 0.05) is 5.57 Å². The highest BCUT2D eigenvalue weighted by Gasteiger charge is 2.40. The van der Waals surface area contributed by atoms with Gasteiger partial charge in [-0.15, -0.1) is 0 Å². The third-order valence-corrected chi connectivity index (χ3v) is 3.92. The molecule has 2 aliphatic rings. The van der Waals surface area contributed by atoms with Crippen molar-refractivity contribution in [3.8, 4) is 0 Å². The molecule has 0 atom stereocenters. The van der Waals surface area contributed by atoms with Gasteiger partial charge in [-0.05, 0) is 50.5 Å². The highest BCUT2D eigenvalue weighted by molar-refractivity contribution is 6.05. The van der Waals surface area contributed by atoms with E-state index in [9.17, 15) is 4.79 Å². The molecule has 1 fully saturated rings. The van der Waals surface area contributed by atoms with Crippen LogP contribution < -0.4 is 0 Å². The predicted molar refractivity (Wildman–Crippen MR) is 62.7 cm³/mol. The summed E-state index contributed by atoms with van der Waals surface area (Å²) in [6.07, 6.45) is 14.5. The minimum Gasteiger partial charge on any atom is -0.290 e. The van der Waals surface area contributed by atoms with Crippen molar-refractivity contribution >= 4 is 5.78 Å². The Labute approximate surface area is 92.3 Å². The normalized spacial score (nSPS) is 24.7. The van der Waals surface area contributed by atoms with Crippen LogP contribution in [0, 0.1) is 5.41 Å². The Hall–Kier alpha value is -0.850. The zero-order valence-electron chi connectivity index (χ0n) is 9.59. The van der Waals surface area contributed by atoms with Crippen LogP contribution in [0.2, 0.25) is 0 Å². The Morgan fingerprint density at radius 2 is 1.93 bits per heavy atom. The van der Waals surface area contributed by atoms with Gasteiger partial charge in [0.1, 0.15) is 0 Å². The maximum atomic E-state index is 12.0. The molecule has 82 valence electrons. The molecule has 0 aromatic heterocycles. The first-order valence-corrected chi connectivity index (χ1v) is 6.16. The van der Waals surface area contributed by atoms with Crippen molar-refractivity contribution in [1.29, 1.82) is 0 Å². The van der Waals surface area contributed by atoms with Gasteiger partial charge >= 0.3 is 0 Å². The van der Waals surface area contributed by atoms with Gasteiger partial charge < -0.3 is 0 Å².